The van der Waals surface area contributed by atoms with Gasteiger partial charge in [0.15, 0.2) is 0 Å². The van der Waals surface area contributed by atoms with Gasteiger partial charge in [-0.05, 0) is 47.0 Å². The van der Waals surface area contributed by atoms with Gasteiger partial charge in [0.2, 0.25) is 0 Å². The van der Waals surface area contributed by atoms with Crippen LogP contribution < -0.4 is 10.6 Å². The van der Waals surface area contributed by atoms with Crippen LogP contribution in [0.25, 0.3) is 21.0 Å². The van der Waals surface area contributed by atoms with Crippen molar-refractivity contribution in [2.45, 2.75) is 31.6 Å². The van der Waals surface area contributed by atoms with Crippen LogP contribution in [0, 0.1) is 0 Å². The van der Waals surface area contributed by atoms with Crippen molar-refractivity contribution in [3.8, 4) is 0 Å². The number of hydrogen-bond acceptors (Lipinski definition) is 0. The Balaban J connectivity index is 1.54. The van der Waals surface area contributed by atoms with E-state index in [2.05, 4.69) is 123 Å². The van der Waals surface area contributed by atoms with Crippen molar-refractivity contribution in [2.24, 2.45) is 0 Å². The van der Waals surface area contributed by atoms with Crippen LogP contribution in [0.1, 0.15) is 25.9 Å². The first-order valence-electron chi connectivity index (χ1n) is 11.1. The van der Waals surface area contributed by atoms with Crippen molar-refractivity contribution >= 4 is 47.1 Å². The SMILES string of the molecule is C[C@@H](C[C@H](C)p1c2ccccc2c2ccccc21)P(c1ccccc1)c1ccccc1. The predicted octanol–water partition coefficient (Wildman–Crippen LogP) is 8.45. The standard InChI is InChI=1S/C29H28P2/c1-22(30(24-13-5-3-6-14-24)25-15-7-4-8-16-25)21-23(2)31-28-19-11-9-17-26(28)27-18-10-12-20-29(27)31/h3-20,22-23H,21H2,1-2H3/t22-,23-/m0/s1. The lowest BCUT2D eigenvalue weighted by Gasteiger charge is -2.28. The van der Waals surface area contributed by atoms with Crippen molar-refractivity contribution in [3.63, 3.8) is 0 Å². The van der Waals surface area contributed by atoms with E-state index in [0.29, 0.717) is 11.3 Å². The quantitative estimate of drug-likeness (QED) is 0.233. The molecule has 4 aromatic carbocycles. The number of fused-ring (bicyclic) bond motifs is 3. The second-order valence-electron chi connectivity index (χ2n) is 8.38. The number of benzene rings is 4. The maximum absolute atomic E-state index is 2.49. The molecule has 0 unspecified atom stereocenters. The van der Waals surface area contributed by atoms with E-state index in [1.54, 1.807) is 10.2 Å². The fraction of sp³-hybridized carbons (Fsp3) is 0.172. The summed E-state index contributed by atoms with van der Waals surface area (Å²) in [4.78, 5) is 0. The highest BCUT2D eigenvalue weighted by Crippen LogP contribution is 2.58. The third-order valence-corrected chi connectivity index (χ3v) is 12.0. The molecule has 0 saturated heterocycles. The maximum Gasteiger partial charge on any atom is 0.00264 e. The van der Waals surface area contributed by atoms with Crippen LogP contribution in [0.4, 0.5) is 0 Å². The molecule has 0 nitrogen and oxygen atoms in total. The third-order valence-electron chi connectivity index (χ3n) is 6.25. The zero-order valence-corrected chi connectivity index (χ0v) is 19.9. The highest BCUT2D eigenvalue weighted by atomic mass is 31.1. The second-order valence-corrected chi connectivity index (χ2v) is 13.6. The van der Waals surface area contributed by atoms with Crippen molar-refractivity contribution < 1.29 is 0 Å². The Morgan fingerprint density at radius 3 is 1.48 bits per heavy atom. The van der Waals surface area contributed by atoms with Gasteiger partial charge >= 0.3 is 0 Å². The summed E-state index contributed by atoms with van der Waals surface area (Å²) in [7, 11) is -0.706. The molecule has 1 aromatic heterocycles. The summed E-state index contributed by atoms with van der Waals surface area (Å²) in [5.74, 6) is 0. The maximum atomic E-state index is 2.49. The van der Waals surface area contributed by atoms with Gasteiger partial charge in [-0.1, -0.05) is 123 Å². The Morgan fingerprint density at radius 2 is 1.00 bits per heavy atom. The molecule has 0 radical (unpaired) electrons. The van der Waals surface area contributed by atoms with Crippen molar-refractivity contribution in [2.75, 3.05) is 0 Å². The number of rotatable bonds is 6. The molecule has 0 bridgehead atoms. The molecule has 0 aliphatic rings. The van der Waals surface area contributed by atoms with Crippen LogP contribution in [0.5, 0.6) is 0 Å². The van der Waals surface area contributed by atoms with E-state index >= 15 is 0 Å². The largest absolute Gasteiger partial charge is 0.106 e. The van der Waals surface area contributed by atoms with Gasteiger partial charge in [-0.25, -0.2) is 0 Å². The van der Waals surface area contributed by atoms with Gasteiger partial charge in [-0.2, -0.15) is 0 Å². The lowest BCUT2D eigenvalue weighted by Crippen LogP contribution is -2.20. The Morgan fingerprint density at radius 1 is 0.581 bits per heavy atom. The van der Waals surface area contributed by atoms with Gasteiger partial charge in [0.1, 0.15) is 0 Å². The fourth-order valence-corrected chi connectivity index (χ4v) is 11.1. The molecule has 1 heterocycles. The van der Waals surface area contributed by atoms with Gasteiger partial charge in [-0.15, -0.1) is 7.53 Å². The Labute approximate surface area is 187 Å². The molecule has 5 aromatic rings. The summed E-state index contributed by atoms with van der Waals surface area (Å²) in [6, 6.07) is 40.5. The van der Waals surface area contributed by atoms with Crippen molar-refractivity contribution in [1.29, 1.82) is 0 Å². The van der Waals surface area contributed by atoms with Crippen LogP contribution in [0.15, 0.2) is 109 Å². The Kier molecular flexibility index (Phi) is 5.95. The first kappa shape index (κ1) is 20.5. The van der Waals surface area contributed by atoms with E-state index in [-0.39, 0.29) is 15.5 Å². The molecule has 154 valence electrons. The highest BCUT2D eigenvalue weighted by molar-refractivity contribution is 7.73. The van der Waals surface area contributed by atoms with Crippen LogP contribution >= 0.6 is 15.5 Å². The summed E-state index contributed by atoms with van der Waals surface area (Å²) in [6.07, 6.45) is 1.24. The monoisotopic (exact) mass is 438 g/mol. The summed E-state index contributed by atoms with van der Waals surface area (Å²) in [6.45, 7) is 4.97. The minimum atomic E-state index is -0.383. The van der Waals surface area contributed by atoms with Crippen molar-refractivity contribution in [1.82, 2.24) is 0 Å². The first-order chi connectivity index (χ1) is 15.2. The smallest absolute Gasteiger partial charge is 0.00264 e. The average Bonchev–Trinajstić information content (AvgIpc) is 3.15. The topological polar surface area (TPSA) is 0 Å². The minimum Gasteiger partial charge on any atom is -0.106 e. The van der Waals surface area contributed by atoms with Crippen LogP contribution in [-0.4, -0.2) is 5.66 Å². The second kappa shape index (κ2) is 9.00. The fourth-order valence-electron chi connectivity index (χ4n) is 4.97. The van der Waals surface area contributed by atoms with E-state index < -0.39 is 0 Å². The third kappa shape index (κ3) is 3.96. The van der Waals surface area contributed by atoms with Gasteiger partial charge in [0.25, 0.3) is 0 Å². The molecule has 0 fully saturated rings. The van der Waals surface area contributed by atoms with Gasteiger partial charge in [0, 0.05) is 10.2 Å². The lowest BCUT2D eigenvalue weighted by atomic mass is 10.2. The molecule has 0 spiro atoms. The summed E-state index contributed by atoms with van der Waals surface area (Å²) in [5.41, 5.74) is 1.27. The molecule has 0 saturated carbocycles. The highest BCUT2D eigenvalue weighted by Gasteiger charge is 2.25. The van der Waals surface area contributed by atoms with Crippen molar-refractivity contribution in [3.05, 3.63) is 109 Å². The molecule has 0 aliphatic heterocycles. The molecule has 2 atom stereocenters. The van der Waals surface area contributed by atoms with E-state index in [1.807, 2.05) is 0 Å². The minimum absolute atomic E-state index is 0.323. The van der Waals surface area contributed by atoms with E-state index in [0.717, 1.165) is 0 Å². The normalized spacial score (nSPS) is 13.6. The summed E-state index contributed by atoms with van der Waals surface area (Å²) in [5, 5.41) is 9.03. The molecule has 31 heavy (non-hydrogen) atoms. The lowest BCUT2D eigenvalue weighted by molar-refractivity contribution is 0.757. The summed E-state index contributed by atoms with van der Waals surface area (Å²) < 4.78 is 0. The Hall–Kier alpha value is -2.39. The van der Waals surface area contributed by atoms with Crippen LogP contribution in [0.2, 0.25) is 0 Å². The van der Waals surface area contributed by atoms with Crippen LogP contribution in [0.3, 0.4) is 0 Å². The Bertz CT molecular complexity index is 1200. The molecule has 5 rings (SSSR count). The molecule has 0 N–H and O–H groups in total. The summed E-state index contributed by atoms with van der Waals surface area (Å²) >= 11 is 0. The average molecular weight is 438 g/mol. The zero-order valence-electron chi connectivity index (χ0n) is 18.1. The van der Waals surface area contributed by atoms with Gasteiger partial charge in [0.05, 0.1) is 0 Å². The molecule has 0 amide bonds. The molecular weight excluding hydrogens is 410 g/mol. The number of hydrogen-bond donors (Lipinski definition) is 0. The molecule has 0 aliphatic carbocycles. The van der Waals surface area contributed by atoms with Gasteiger partial charge < -0.3 is 0 Å². The molecular formula is C29H28P2. The van der Waals surface area contributed by atoms with E-state index in [4.69, 9.17) is 0 Å². The molecule has 2 heteroatoms. The zero-order chi connectivity index (χ0) is 21.2. The van der Waals surface area contributed by atoms with E-state index in [1.165, 1.54) is 27.8 Å². The predicted molar refractivity (Wildman–Crippen MR) is 142 cm³/mol. The van der Waals surface area contributed by atoms with Crippen LogP contribution in [-0.2, 0) is 0 Å². The van der Waals surface area contributed by atoms with Gasteiger partial charge in [-0.3, -0.25) is 0 Å². The first-order valence-corrected chi connectivity index (χ1v) is 13.9. The van der Waals surface area contributed by atoms with E-state index in [9.17, 15) is 0 Å².